The molecule has 2 aromatic rings. The van der Waals surface area contributed by atoms with E-state index < -0.39 is 0 Å². The zero-order valence-electron chi connectivity index (χ0n) is 13.2. The number of carbonyl (C=O) groups is 2. The number of aldehydes is 1. The number of rotatable bonds is 6. The Morgan fingerprint density at radius 3 is 2.83 bits per heavy atom. The molecule has 1 aliphatic heterocycles. The Morgan fingerprint density at radius 1 is 1.21 bits per heavy atom. The first-order chi connectivity index (χ1) is 11.7. The number of hydrogen-bond acceptors (Lipinski definition) is 5. The second-order valence-electron chi connectivity index (χ2n) is 5.24. The van der Waals surface area contributed by atoms with Crippen LogP contribution in [0.15, 0.2) is 36.4 Å². The quantitative estimate of drug-likeness (QED) is 0.824. The van der Waals surface area contributed by atoms with Crippen molar-refractivity contribution in [2.24, 2.45) is 0 Å². The number of benzene rings is 2. The molecule has 0 radical (unpaired) electrons. The smallest absolute Gasteiger partial charge is 0.255 e. The van der Waals surface area contributed by atoms with E-state index in [1.165, 1.54) is 0 Å². The summed E-state index contributed by atoms with van der Waals surface area (Å²) >= 11 is 0. The van der Waals surface area contributed by atoms with E-state index in [0.29, 0.717) is 40.7 Å². The minimum Gasteiger partial charge on any atom is -0.491 e. The van der Waals surface area contributed by atoms with Crippen LogP contribution in [0.5, 0.6) is 17.2 Å². The Labute approximate surface area is 139 Å². The molecule has 0 fully saturated rings. The third-order valence-corrected chi connectivity index (χ3v) is 3.48. The number of nitrogens with one attached hydrogen (secondary N) is 1. The van der Waals surface area contributed by atoms with Crippen LogP contribution in [-0.4, -0.2) is 25.6 Å². The normalized spacial score (nSPS) is 11.9. The lowest BCUT2D eigenvalue weighted by Gasteiger charge is -2.13. The lowest BCUT2D eigenvalue weighted by Crippen LogP contribution is -2.13. The molecule has 0 unspecified atom stereocenters. The number of carbonyl (C=O) groups excluding carboxylic acids is 2. The van der Waals surface area contributed by atoms with Crippen molar-refractivity contribution in [1.82, 2.24) is 0 Å². The number of ether oxygens (including phenoxy) is 3. The van der Waals surface area contributed by atoms with Gasteiger partial charge in [0.05, 0.1) is 12.3 Å². The van der Waals surface area contributed by atoms with Crippen LogP contribution < -0.4 is 19.5 Å². The molecule has 0 saturated carbocycles. The SMILES string of the molecule is CCCOc1ccc(C=O)cc1NC(=O)c1ccc2c(c1)OCO2. The fourth-order valence-electron chi connectivity index (χ4n) is 2.29. The van der Waals surface area contributed by atoms with Crippen molar-refractivity contribution in [3.8, 4) is 17.2 Å². The molecule has 1 heterocycles. The fraction of sp³-hybridized carbons (Fsp3) is 0.222. The lowest BCUT2D eigenvalue weighted by molar-refractivity contribution is 0.102. The standard InChI is InChI=1S/C18H17NO5/c1-2-7-22-15-5-3-12(10-20)8-14(15)19-18(21)13-4-6-16-17(9-13)24-11-23-16/h3-6,8-10H,2,7,11H2,1H3,(H,19,21). The summed E-state index contributed by atoms with van der Waals surface area (Å²) in [7, 11) is 0. The van der Waals surface area contributed by atoms with Gasteiger partial charge < -0.3 is 19.5 Å². The molecule has 6 nitrogen and oxygen atoms in total. The van der Waals surface area contributed by atoms with E-state index >= 15 is 0 Å². The van der Waals surface area contributed by atoms with Gasteiger partial charge in [0.1, 0.15) is 12.0 Å². The van der Waals surface area contributed by atoms with Gasteiger partial charge in [-0.05, 0) is 42.8 Å². The van der Waals surface area contributed by atoms with Gasteiger partial charge in [0.25, 0.3) is 5.91 Å². The summed E-state index contributed by atoms with van der Waals surface area (Å²) in [6, 6.07) is 9.87. The van der Waals surface area contributed by atoms with Gasteiger partial charge in [0.2, 0.25) is 6.79 Å². The van der Waals surface area contributed by atoms with E-state index in [-0.39, 0.29) is 12.7 Å². The van der Waals surface area contributed by atoms with Gasteiger partial charge in [-0.3, -0.25) is 9.59 Å². The molecule has 124 valence electrons. The second kappa shape index (κ2) is 7.04. The van der Waals surface area contributed by atoms with Crippen LogP contribution in [0, 0.1) is 0 Å². The van der Waals surface area contributed by atoms with E-state index in [2.05, 4.69) is 5.32 Å². The number of anilines is 1. The van der Waals surface area contributed by atoms with Crippen LogP contribution in [0.1, 0.15) is 34.1 Å². The molecule has 1 amide bonds. The van der Waals surface area contributed by atoms with Crippen LogP contribution in [0.4, 0.5) is 5.69 Å². The minimum absolute atomic E-state index is 0.150. The van der Waals surface area contributed by atoms with Gasteiger partial charge >= 0.3 is 0 Å². The highest BCUT2D eigenvalue weighted by molar-refractivity contribution is 6.05. The predicted molar refractivity (Wildman–Crippen MR) is 88.1 cm³/mol. The van der Waals surface area contributed by atoms with Crippen LogP contribution in [-0.2, 0) is 0 Å². The van der Waals surface area contributed by atoms with Crippen LogP contribution in [0.2, 0.25) is 0 Å². The lowest BCUT2D eigenvalue weighted by atomic mass is 10.1. The van der Waals surface area contributed by atoms with Crippen molar-refractivity contribution < 1.29 is 23.8 Å². The first kappa shape index (κ1) is 15.9. The number of amides is 1. The third kappa shape index (κ3) is 3.32. The van der Waals surface area contributed by atoms with Gasteiger partial charge in [0, 0.05) is 11.1 Å². The Kier molecular flexibility index (Phi) is 4.65. The summed E-state index contributed by atoms with van der Waals surface area (Å²) in [5, 5.41) is 2.78. The Balaban J connectivity index is 1.83. The largest absolute Gasteiger partial charge is 0.491 e. The molecule has 0 spiro atoms. The zero-order valence-corrected chi connectivity index (χ0v) is 13.2. The molecule has 1 aliphatic rings. The molecule has 0 aliphatic carbocycles. The van der Waals surface area contributed by atoms with Gasteiger partial charge in [-0.25, -0.2) is 0 Å². The number of hydrogen-bond donors (Lipinski definition) is 1. The molecule has 0 aromatic heterocycles. The Hall–Kier alpha value is -3.02. The summed E-state index contributed by atoms with van der Waals surface area (Å²) in [5.74, 6) is 1.35. The summed E-state index contributed by atoms with van der Waals surface area (Å²) in [6.07, 6.45) is 1.56. The van der Waals surface area contributed by atoms with Crippen molar-refractivity contribution in [2.75, 3.05) is 18.7 Å². The van der Waals surface area contributed by atoms with Gasteiger partial charge in [0.15, 0.2) is 11.5 Å². The Bertz CT molecular complexity index is 772. The van der Waals surface area contributed by atoms with E-state index in [4.69, 9.17) is 14.2 Å². The van der Waals surface area contributed by atoms with Gasteiger partial charge in [-0.1, -0.05) is 6.92 Å². The van der Waals surface area contributed by atoms with Crippen LogP contribution in [0.25, 0.3) is 0 Å². The average molecular weight is 327 g/mol. The topological polar surface area (TPSA) is 73.9 Å². The summed E-state index contributed by atoms with van der Waals surface area (Å²) in [6.45, 7) is 2.66. The van der Waals surface area contributed by atoms with Gasteiger partial charge in [-0.15, -0.1) is 0 Å². The van der Waals surface area contributed by atoms with Crippen molar-refractivity contribution >= 4 is 17.9 Å². The molecule has 3 rings (SSSR count). The fourth-order valence-corrected chi connectivity index (χ4v) is 2.29. The highest BCUT2D eigenvalue weighted by atomic mass is 16.7. The zero-order chi connectivity index (χ0) is 16.9. The maximum absolute atomic E-state index is 12.5. The summed E-state index contributed by atoms with van der Waals surface area (Å²) in [5.41, 5.74) is 1.34. The predicted octanol–water partition coefficient (Wildman–Crippen LogP) is 3.27. The maximum atomic E-state index is 12.5. The molecular formula is C18H17NO5. The van der Waals surface area contributed by atoms with E-state index in [9.17, 15) is 9.59 Å². The van der Waals surface area contributed by atoms with Crippen molar-refractivity contribution in [3.05, 3.63) is 47.5 Å². The maximum Gasteiger partial charge on any atom is 0.255 e. The van der Waals surface area contributed by atoms with E-state index in [0.717, 1.165) is 12.7 Å². The minimum atomic E-state index is -0.322. The molecule has 0 atom stereocenters. The van der Waals surface area contributed by atoms with Crippen LogP contribution in [0.3, 0.4) is 0 Å². The Morgan fingerprint density at radius 2 is 2.04 bits per heavy atom. The van der Waals surface area contributed by atoms with Crippen LogP contribution >= 0.6 is 0 Å². The molecule has 1 N–H and O–H groups in total. The van der Waals surface area contributed by atoms with Crippen molar-refractivity contribution in [3.63, 3.8) is 0 Å². The molecule has 0 saturated heterocycles. The molecule has 0 bridgehead atoms. The molecular weight excluding hydrogens is 310 g/mol. The highest BCUT2D eigenvalue weighted by Crippen LogP contribution is 2.33. The van der Waals surface area contributed by atoms with Gasteiger partial charge in [-0.2, -0.15) is 0 Å². The van der Waals surface area contributed by atoms with Crippen molar-refractivity contribution in [2.45, 2.75) is 13.3 Å². The second-order valence-corrected chi connectivity index (χ2v) is 5.24. The first-order valence-corrected chi connectivity index (χ1v) is 7.64. The van der Waals surface area contributed by atoms with E-state index in [1.54, 1.807) is 36.4 Å². The monoisotopic (exact) mass is 327 g/mol. The first-order valence-electron chi connectivity index (χ1n) is 7.64. The summed E-state index contributed by atoms with van der Waals surface area (Å²) < 4.78 is 16.1. The van der Waals surface area contributed by atoms with E-state index in [1.807, 2.05) is 6.92 Å². The number of fused-ring (bicyclic) bond motifs is 1. The summed E-state index contributed by atoms with van der Waals surface area (Å²) in [4.78, 5) is 23.5. The average Bonchev–Trinajstić information content (AvgIpc) is 3.08. The molecule has 2 aromatic carbocycles. The third-order valence-electron chi connectivity index (χ3n) is 3.48. The highest BCUT2D eigenvalue weighted by Gasteiger charge is 2.17. The molecule has 24 heavy (non-hydrogen) atoms. The van der Waals surface area contributed by atoms with Crippen molar-refractivity contribution in [1.29, 1.82) is 0 Å². The molecule has 6 heteroatoms.